The van der Waals surface area contributed by atoms with E-state index >= 15 is 0 Å². The smallest absolute Gasteiger partial charge is 0.234 e. The molecular weight excluding hydrogens is 228 g/mol. The van der Waals surface area contributed by atoms with E-state index in [-0.39, 0.29) is 5.91 Å². The van der Waals surface area contributed by atoms with E-state index in [1.165, 1.54) is 5.56 Å². The third-order valence-electron chi connectivity index (χ3n) is 2.98. The summed E-state index contributed by atoms with van der Waals surface area (Å²) in [4.78, 5) is 11.4. The number of carbonyl (C=O) groups is 1. The van der Waals surface area contributed by atoms with E-state index in [0.717, 1.165) is 31.6 Å². The Morgan fingerprint density at radius 1 is 1.33 bits per heavy atom. The lowest BCUT2D eigenvalue weighted by Crippen LogP contribution is -2.35. The maximum atomic E-state index is 11.4. The van der Waals surface area contributed by atoms with Crippen molar-refractivity contribution in [2.75, 3.05) is 20.2 Å². The monoisotopic (exact) mass is 248 g/mol. The molecule has 4 nitrogen and oxygen atoms in total. The summed E-state index contributed by atoms with van der Waals surface area (Å²) in [6.45, 7) is 1.22. The fourth-order valence-corrected chi connectivity index (χ4v) is 1.73. The number of carbonyl (C=O) groups excluding carboxylic acids is 1. The molecule has 0 heterocycles. The molecule has 18 heavy (non-hydrogen) atoms. The summed E-state index contributed by atoms with van der Waals surface area (Å²) in [6, 6.07) is 8.45. The van der Waals surface area contributed by atoms with E-state index in [2.05, 4.69) is 10.6 Å². The van der Waals surface area contributed by atoms with Gasteiger partial charge in [0, 0.05) is 6.04 Å². The molecule has 0 radical (unpaired) electrons. The van der Waals surface area contributed by atoms with E-state index < -0.39 is 0 Å². The van der Waals surface area contributed by atoms with Crippen molar-refractivity contribution in [1.82, 2.24) is 10.6 Å². The molecule has 0 unspecified atom stereocenters. The molecule has 0 bridgehead atoms. The van der Waals surface area contributed by atoms with Gasteiger partial charge < -0.3 is 15.4 Å². The molecule has 1 aromatic rings. The van der Waals surface area contributed by atoms with Crippen LogP contribution in [-0.2, 0) is 11.2 Å². The van der Waals surface area contributed by atoms with Crippen LogP contribution in [0.4, 0.5) is 0 Å². The number of amides is 1. The first-order valence-corrected chi connectivity index (χ1v) is 6.41. The van der Waals surface area contributed by atoms with Crippen LogP contribution in [0.15, 0.2) is 24.3 Å². The fraction of sp³-hybridized carbons (Fsp3) is 0.500. The summed E-state index contributed by atoms with van der Waals surface area (Å²) >= 11 is 0. The van der Waals surface area contributed by atoms with Crippen LogP contribution in [-0.4, -0.2) is 32.1 Å². The van der Waals surface area contributed by atoms with Crippen molar-refractivity contribution in [2.45, 2.75) is 25.3 Å². The van der Waals surface area contributed by atoms with Gasteiger partial charge in [-0.3, -0.25) is 4.79 Å². The Morgan fingerprint density at radius 3 is 2.67 bits per heavy atom. The second-order valence-electron chi connectivity index (χ2n) is 4.62. The standard InChI is InChI=1S/C14H20N2O2/c1-18-13-6-2-11(3-7-13)8-9-15-10-14(17)16-12-4-5-12/h2-3,6-7,12,15H,4-5,8-10H2,1H3,(H,16,17). The number of benzene rings is 1. The first-order chi connectivity index (χ1) is 8.78. The van der Waals surface area contributed by atoms with Crippen molar-refractivity contribution in [1.29, 1.82) is 0 Å². The Kier molecular flexibility index (Phi) is 4.59. The maximum absolute atomic E-state index is 11.4. The summed E-state index contributed by atoms with van der Waals surface area (Å²) in [6.07, 6.45) is 3.19. The number of hydrogen-bond acceptors (Lipinski definition) is 3. The molecule has 0 spiro atoms. The molecule has 1 amide bonds. The summed E-state index contributed by atoms with van der Waals surface area (Å²) in [5, 5.41) is 6.10. The predicted octanol–water partition coefficient (Wildman–Crippen LogP) is 1.11. The highest BCUT2D eigenvalue weighted by molar-refractivity contribution is 5.78. The topological polar surface area (TPSA) is 50.4 Å². The third kappa shape index (κ3) is 4.37. The van der Waals surface area contributed by atoms with E-state index in [0.29, 0.717) is 12.6 Å². The zero-order chi connectivity index (χ0) is 12.8. The minimum Gasteiger partial charge on any atom is -0.497 e. The van der Waals surface area contributed by atoms with Gasteiger partial charge in [-0.2, -0.15) is 0 Å². The average Bonchev–Trinajstić information content (AvgIpc) is 3.19. The molecule has 1 aliphatic carbocycles. The van der Waals surface area contributed by atoms with E-state index in [9.17, 15) is 4.79 Å². The molecule has 1 fully saturated rings. The van der Waals surface area contributed by atoms with Crippen LogP contribution in [0.5, 0.6) is 5.75 Å². The lowest BCUT2D eigenvalue weighted by molar-refractivity contribution is -0.120. The first kappa shape index (κ1) is 12.9. The zero-order valence-electron chi connectivity index (χ0n) is 10.7. The SMILES string of the molecule is COc1ccc(CCNCC(=O)NC2CC2)cc1. The van der Waals surface area contributed by atoms with Crippen molar-refractivity contribution >= 4 is 5.91 Å². The van der Waals surface area contributed by atoms with E-state index in [1.54, 1.807) is 7.11 Å². The van der Waals surface area contributed by atoms with Gasteiger partial charge in [-0.25, -0.2) is 0 Å². The number of nitrogens with one attached hydrogen (secondary N) is 2. The van der Waals surface area contributed by atoms with Gasteiger partial charge in [0.2, 0.25) is 5.91 Å². The van der Waals surface area contributed by atoms with Gasteiger partial charge in [-0.05, 0) is 43.5 Å². The molecule has 0 atom stereocenters. The molecular formula is C14H20N2O2. The fourth-order valence-electron chi connectivity index (χ4n) is 1.73. The molecule has 4 heteroatoms. The van der Waals surface area contributed by atoms with Crippen LogP contribution < -0.4 is 15.4 Å². The molecule has 1 aliphatic rings. The first-order valence-electron chi connectivity index (χ1n) is 6.41. The van der Waals surface area contributed by atoms with Crippen LogP contribution in [0.2, 0.25) is 0 Å². The molecule has 2 rings (SSSR count). The van der Waals surface area contributed by atoms with Crippen LogP contribution >= 0.6 is 0 Å². The Hall–Kier alpha value is -1.55. The Balaban J connectivity index is 1.60. The molecule has 2 N–H and O–H groups in total. The maximum Gasteiger partial charge on any atom is 0.234 e. The lowest BCUT2D eigenvalue weighted by Gasteiger charge is -2.06. The minimum atomic E-state index is 0.104. The van der Waals surface area contributed by atoms with Crippen LogP contribution in [0.1, 0.15) is 18.4 Å². The quantitative estimate of drug-likeness (QED) is 0.711. The van der Waals surface area contributed by atoms with Gasteiger partial charge >= 0.3 is 0 Å². The lowest BCUT2D eigenvalue weighted by atomic mass is 10.1. The summed E-state index contributed by atoms with van der Waals surface area (Å²) in [7, 11) is 1.66. The van der Waals surface area contributed by atoms with Crippen molar-refractivity contribution in [3.8, 4) is 5.75 Å². The van der Waals surface area contributed by atoms with Gasteiger partial charge in [0.05, 0.1) is 13.7 Å². The summed E-state index contributed by atoms with van der Waals surface area (Å²) in [5.74, 6) is 0.975. The second kappa shape index (κ2) is 6.40. The molecule has 1 aromatic carbocycles. The van der Waals surface area contributed by atoms with E-state index in [1.807, 2.05) is 24.3 Å². The Bertz CT molecular complexity index is 385. The zero-order valence-corrected chi connectivity index (χ0v) is 10.7. The minimum absolute atomic E-state index is 0.104. The van der Waals surface area contributed by atoms with Gasteiger partial charge in [-0.15, -0.1) is 0 Å². The number of methoxy groups -OCH3 is 1. The van der Waals surface area contributed by atoms with Crippen LogP contribution in [0.25, 0.3) is 0 Å². The van der Waals surface area contributed by atoms with Crippen molar-refractivity contribution in [3.05, 3.63) is 29.8 Å². The third-order valence-corrected chi connectivity index (χ3v) is 2.98. The number of rotatable bonds is 7. The Morgan fingerprint density at radius 2 is 2.06 bits per heavy atom. The van der Waals surface area contributed by atoms with Gasteiger partial charge in [-0.1, -0.05) is 12.1 Å². The van der Waals surface area contributed by atoms with Gasteiger partial charge in [0.15, 0.2) is 0 Å². The number of hydrogen-bond donors (Lipinski definition) is 2. The molecule has 98 valence electrons. The van der Waals surface area contributed by atoms with E-state index in [4.69, 9.17) is 4.74 Å². The molecule has 0 aromatic heterocycles. The summed E-state index contributed by atoms with van der Waals surface area (Å²) < 4.78 is 5.10. The average molecular weight is 248 g/mol. The Labute approximate surface area is 108 Å². The highest BCUT2D eigenvalue weighted by Gasteiger charge is 2.22. The van der Waals surface area contributed by atoms with Crippen molar-refractivity contribution in [3.63, 3.8) is 0 Å². The summed E-state index contributed by atoms with van der Waals surface area (Å²) in [5.41, 5.74) is 1.24. The molecule has 1 saturated carbocycles. The predicted molar refractivity (Wildman–Crippen MR) is 70.7 cm³/mol. The molecule has 0 aliphatic heterocycles. The van der Waals surface area contributed by atoms with Crippen molar-refractivity contribution in [2.24, 2.45) is 0 Å². The van der Waals surface area contributed by atoms with Gasteiger partial charge in [0.1, 0.15) is 5.75 Å². The largest absolute Gasteiger partial charge is 0.497 e. The second-order valence-corrected chi connectivity index (χ2v) is 4.62. The van der Waals surface area contributed by atoms with Crippen molar-refractivity contribution < 1.29 is 9.53 Å². The number of ether oxygens (including phenoxy) is 1. The normalized spacial score (nSPS) is 14.3. The molecule has 0 saturated heterocycles. The van der Waals surface area contributed by atoms with Crippen LogP contribution in [0, 0.1) is 0 Å². The van der Waals surface area contributed by atoms with Crippen LogP contribution in [0.3, 0.4) is 0 Å². The highest BCUT2D eigenvalue weighted by Crippen LogP contribution is 2.18. The highest BCUT2D eigenvalue weighted by atomic mass is 16.5. The van der Waals surface area contributed by atoms with Gasteiger partial charge in [0.25, 0.3) is 0 Å².